The van der Waals surface area contributed by atoms with E-state index >= 15 is 0 Å². The molecule has 0 aliphatic carbocycles. The summed E-state index contributed by atoms with van der Waals surface area (Å²) in [5.41, 5.74) is 8.11. The van der Waals surface area contributed by atoms with Gasteiger partial charge < -0.3 is 0 Å². The predicted octanol–water partition coefficient (Wildman–Crippen LogP) is 1.96. The summed E-state index contributed by atoms with van der Waals surface area (Å²) in [6.45, 7) is 3.84. The number of benzene rings is 1. The summed E-state index contributed by atoms with van der Waals surface area (Å²) in [6.07, 6.45) is 0. The molecular formula is C11H14N4OSe. The molecule has 0 fully saturated rings. The molecule has 90 valence electrons. The molecule has 1 aliphatic heterocycles. The van der Waals surface area contributed by atoms with Crippen LogP contribution >= 0.6 is 0 Å². The molecule has 1 aliphatic rings. The number of nitrogens with zero attached hydrogens (tertiary/aromatic N) is 2. The molecule has 0 radical (unpaired) electrons. The first-order chi connectivity index (χ1) is 8.09. The quantitative estimate of drug-likeness (QED) is 0.849. The van der Waals surface area contributed by atoms with E-state index in [2.05, 4.69) is 13.2 Å². The molecule has 0 unspecified atom stereocenters. The summed E-state index contributed by atoms with van der Waals surface area (Å²) in [6, 6.07) is 5.07. The molecule has 1 aromatic rings. The van der Waals surface area contributed by atoms with Gasteiger partial charge in [0.2, 0.25) is 0 Å². The number of anilines is 1. The first kappa shape index (κ1) is 12.2. The Morgan fingerprint density at radius 3 is 2.88 bits per heavy atom. The van der Waals surface area contributed by atoms with E-state index in [0.717, 1.165) is 11.4 Å². The number of carbonyl (C=O) groups excluding carboxylic acids is 1. The SMILES string of the molecule is CC(C)[C@@H](N)C(=O)Nc1cccc2c1N=[Se]=N2. The molecule has 0 spiro atoms. The van der Waals surface area contributed by atoms with Crippen molar-refractivity contribution in [3.8, 4) is 0 Å². The molecule has 6 heteroatoms. The molecule has 5 nitrogen and oxygen atoms in total. The Bertz CT molecular complexity index is 520. The fraction of sp³-hybridized carbons (Fsp3) is 0.364. The van der Waals surface area contributed by atoms with E-state index in [1.54, 1.807) is 0 Å². The third-order valence-corrected chi connectivity index (χ3v) is 3.70. The number of nitrogens with one attached hydrogen (secondary N) is 1. The molecule has 0 saturated carbocycles. The minimum atomic E-state index is -0.505. The van der Waals surface area contributed by atoms with Gasteiger partial charge in [-0.1, -0.05) is 0 Å². The summed E-state index contributed by atoms with van der Waals surface area (Å²) in [5, 5.41) is 2.82. The molecule has 17 heavy (non-hydrogen) atoms. The molecule has 3 N–H and O–H groups in total. The van der Waals surface area contributed by atoms with Gasteiger partial charge in [0.1, 0.15) is 0 Å². The molecule has 1 heterocycles. The number of rotatable bonds is 3. The third kappa shape index (κ3) is 2.54. The van der Waals surface area contributed by atoms with Gasteiger partial charge in [-0.05, 0) is 0 Å². The van der Waals surface area contributed by atoms with Crippen molar-refractivity contribution in [2.75, 3.05) is 5.32 Å². The summed E-state index contributed by atoms with van der Waals surface area (Å²) < 4.78 is 8.56. The van der Waals surface area contributed by atoms with Crippen LogP contribution in [0.15, 0.2) is 26.1 Å². The number of hydrogen-bond donors (Lipinski definition) is 2. The van der Waals surface area contributed by atoms with Crippen molar-refractivity contribution in [1.82, 2.24) is 0 Å². The Morgan fingerprint density at radius 1 is 1.41 bits per heavy atom. The topological polar surface area (TPSA) is 79.8 Å². The van der Waals surface area contributed by atoms with Crippen LogP contribution in [0, 0.1) is 5.92 Å². The van der Waals surface area contributed by atoms with E-state index in [-0.39, 0.29) is 26.4 Å². The van der Waals surface area contributed by atoms with Crippen molar-refractivity contribution in [3.05, 3.63) is 18.2 Å². The van der Waals surface area contributed by atoms with E-state index < -0.39 is 6.04 Å². The molecular weight excluding hydrogens is 283 g/mol. The van der Waals surface area contributed by atoms with Gasteiger partial charge >= 0.3 is 105 Å². The maximum absolute atomic E-state index is 11.9. The molecule has 0 bridgehead atoms. The van der Waals surface area contributed by atoms with Crippen LogP contribution < -0.4 is 11.1 Å². The Balaban J connectivity index is 2.18. The van der Waals surface area contributed by atoms with Gasteiger partial charge in [0.25, 0.3) is 0 Å². The van der Waals surface area contributed by atoms with Gasteiger partial charge in [-0.15, -0.1) is 0 Å². The molecule has 2 rings (SSSR count). The number of hydrogen-bond acceptors (Lipinski definition) is 4. The van der Waals surface area contributed by atoms with E-state index in [9.17, 15) is 4.79 Å². The number of nitrogens with two attached hydrogens (primary N) is 1. The van der Waals surface area contributed by atoms with Crippen molar-refractivity contribution in [1.29, 1.82) is 0 Å². The van der Waals surface area contributed by atoms with Crippen molar-refractivity contribution in [2.24, 2.45) is 19.6 Å². The van der Waals surface area contributed by atoms with Crippen molar-refractivity contribution < 1.29 is 4.79 Å². The Hall–Kier alpha value is -1.23. The zero-order chi connectivity index (χ0) is 12.4. The van der Waals surface area contributed by atoms with Gasteiger partial charge in [-0.25, -0.2) is 0 Å². The van der Waals surface area contributed by atoms with E-state index in [1.807, 2.05) is 32.0 Å². The van der Waals surface area contributed by atoms with Gasteiger partial charge in [-0.3, -0.25) is 0 Å². The van der Waals surface area contributed by atoms with Crippen LogP contribution in [0.4, 0.5) is 17.1 Å². The molecule has 1 amide bonds. The zero-order valence-corrected chi connectivity index (χ0v) is 11.4. The number of carbonyl (C=O) groups is 1. The van der Waals surface area contributed by atoms with E-state index in [1.165, 1.54) is 0 Å². The molecule has 0 saturated heterocycles. The summed E-state index contributed by atoms with van der Waals surface area (Å²) in [5.74, 6) is -0.0689. The average Bonchev–Trinajstić information content (AvgIpc) is 2.76. The van der Waals surface area contributed by atoms with Crippen molar-refractivity contribution in [3.63, 3.8) is 0 Å². The normalized spacial score (nSPS) is 14.4. The monoisotopic (exact) mass is 298 g/mol. The Morgan fingerprint density at radius 2 is 2.18 bits per heavy atom. The molecule has 1 atom stereocenters. The maximum atomic E-state index is 11.9. The second-order valence-electron chi connectivity index (χ2n) is 4.20. The van der Waals surface area contributed by atoms with Crippen LogP contribution in [0.3, 0.4) is 0 Å². The number of fused-ring (bicyclic) bond motifs is 1. The first-order valence-electron chi connectivity index (χ1n) is 5.37. The molecule has 0 aromatic heterocycles. The fourth-order valence-electron chi connectivity index (χ4n) is 1.43. The predicted molar refractivity (Wildman–Crippen MR) is 67.8 cm³/mol. The van der Waals surface area contributed by atoms with Crippen molar-refractivity contribution >= 4 is 37.5 Å². The second-order valence-corrected chi connectivity index (χ2v) is 5.31. The molecule has 1 aromatic carbocycles. The van der Waals surface area contributed by atoms with Gasteiger partial charge in [0.05, 0.1) is 0 Å². The van der Waals surface area contributed by atoms with Crippen LogP contribution in [0.1, 0.15) is 13.8 Å². The average molecular weight is 297 g/mol. The number of amides is 1. The third-order valence-electron chi connectivity index (χ3n) is 2.56. The standard InChI is InChI=1S/C11H14N4OSe/c1-6(2)9(12)11(16)13-7-4-3-5-8-10(7)15-17-14-8/h3-6,9H,12H2,1-2H3,(H,13,16)/t9-/m1/s1. The van der Waals surface area contributed by atoms with E-state index in [4.69, 9.17) is 5.73 Å². The minimum absolute atomic E-state index is 0.0939. The fourth-order valence-corrected chi connectivity index (χ4v) is 2.58. The Kier molecular flexibility index (Phi) is 3.57. The summed E-state index contributed by atoms with van der Waals surface area (Å²) in [4.78, 5) is 11.9. The van der Waals surface area contributed by atoms with Crippen LogP contribution in [0.5, 0.6) is 0 Å². The van der Waals surface area contributed by atoms with E-state index in [0.29, 0.717) is 5.69 Å². The van der Waals surface area contributed by atoms with Gasteiger partial charge in [0, 0.05) is 0 Å². The van der Waals surface area contributed by atoms with Crippen LogP contribution in [-0.4, -0.2) is 26.5 Å². The summed E-state index contributed by atoms with van der Waals surface area (Å²) in [7, 11) is 0. The zero-order valence-electron chi connectivity index (χ0n) is 9.68. The first-order valence-corrected chi connectivity index (χ1v) is 6.90. The van der Waals surface area contributed by atoms with Crippen LogP contribution in [0.2, 0.25) is 0 Å². The van der Waals surface area contributed by atoms with Crippen molar-refractivity contribution in [2.45, 2.75) is 19.9 Å². The van der Waals surface area contributed by atoms with Crippen LogP contribution in [-0.2, 0) is 4.79 Å². The summed E-state index contributed by atoms with van der Waals surface area (Å²) >= 11 is -0.0939. The van der Waals surface area contributed by atoms with Gasteiger partial charge in [0.15, 0.2) is 0 Å². The Labute approximate surface area is 106 Å². The van der Waals surface area contributed by atoms with Crippen LogP contribution in [0.25, 0.3) is 0 Å². The second kappa shape index (κ2) is 4.96. The van der Waals surface area contributed by atoms with Gasteiger partial charge in [-0.2, -0.15) is 0 Å².